The van der Waals surface area contributed by atoms with Crippen LogP contribution in [0.5, 0.6) is 0 Å². The van der Waals surface area contributed by atoms with Crippen molar-refractivity contribution in [3.05, 3.63) is 59.4 Å². The molecular weight excluding hydrogens is 449 g/mol. The lowest BCUT2D eigenvalue weighted by Crippen LogP contribution is -2.56. The van der Waals surface area contributed by atoms with Crippen LogP contribution < -0.4 is 10.6 Å². The SMILES string of the molecule is CN(C(=O)C1COCC(=O)N1)C(c1ccc(NC2Cc3ccccc3C2(C)C)cn1)C(F)(F)F. The summed E-state index contributed by atoms with van der Waals surface area (Å²) in [7, 11) is 1.05. The summed E-state index contributed by atoms with van der Waals surface area (Å²) in [5, 5.41) is 5.77. The number of pyridine rings is 1. The Labute approximate surface area is 195 Å². The molecule has 2 aliphatic rings. The van der Waals surface area contributed by atoms with Crippen LogP contribution >= 0.6 is 0 Å². The molecular formula is C24H27F3N4O3. The van der Waals surface area contributed by atoms with Crippen LogP contribution in [-0.4, -0.2) is 60.2 Å². The Morgan fingerprint density at radius 1 is 1.26 bits per heavy atom. The number of carbonyl (C=O) groups excluding carboxylic acids is 2. The Morgan fingerprint density at radius 2 is 2.00 bits per heavy atom. The molecule has 0 saturated carbocycles. The molecule has 4 rings (SSSR count). The number of hydrogen-bond donors (Lipinski definition) is 2. The molecule has 1 saturated heterocycles. The van der Waals surface area contributed by atoms with E-state index in [1.807, 2.05) is 12.1 Å². The van der Waals surface area contributed by atoms with Gasteiger partial charge < -0.3 is 20.3 Å². The number of anilines is 1. The van der Waals surface area contributed by atoms with Crippen molar-refractivity contribution in [3.8, 4) is 0 Å². The van der Waals surface area contributed by atoms with Gasteiger partial charge in [-0.25, -0.2) is 0 Å². The van der Waals surface area contributed by atoms with Crippen molar-refractivity contribution in [2.75, 3.05) is 25.6 Å². The second kappa shape index (κ2) is 8.90. The van der Waals surface area contributed by atoms with E-state index in [9.17, 15) is 22.8 Å². The summed E-state index contributed by atoms with van der Waals surface area (Å²) in [6.07, 6.45) is -2.61. The molecule has 1 aliphatic carbocycles. The predicted molar refractivity (Wildman–Crippen MR) is 119 cm³/mol. The molecule has 2 N–H and O–H groups in total. The average Bonchev–Trinajstić information content (AvgIpc) is 3.03. The minimum Gasteiger partial charge on any atom is -0.380 e. The third kappa shape index (κ3) is 4.59. The van der Waals surface area contributed by atoms with Gasteiger partial charge in [0.2, 0.25) is 11.8 Å². The highest BCUT2D eigenvalue weighted by Crippen LogP contribution is 2.40. The van der Waals surface area contributed by atoms with Gasteiger partial charge in [0.05, 0.1) is 24.2 Å². The zero-order valence-corrected chi connectivity index (χ0v) is 19.1. The van der Waals surface area contributed by atoms with Gasteiger partial charge in [-0.15, -0.1) is 0 Å². The zero-order chi connectivity index (χ0) is 24.7. The molecule has 34 heavy (non-hydrogen) atoms. The fourth-order valence-electron chi connectivity index (χ4n) is 4.71. The molecule has 7 nitrogen and oxygen atoms in total. The van der Waals surface area contributed by atoms with Gasteiger partial charge in [-0.2, -0.15) is 13.2 Å². The molecule has 1 aliphatic heterocycles. The van der Waals surface area contributed by atoms with Gasteiger partial charge in [-0.1, -0.05) is 38.1 Å². The molecule has 2 heterocycles. The highest BCUT2D eigenvalue weighted by atomic mass is 19.4. The van der Waals surface area contributed by atoms with Crippen LogP contribution in [-0.2, 0) is 26.2 Å². The van der Waals surface area contributed by atoms with Gasteiger partial charge in [-0.05, 0) is 29.7 Å². The van der Waals surface area contributed by atoms with E-state index < -0.39 is 30.1 Å². The van der Waals surface area contributed by atoms with Crippen LogP contribution in [0.1, 0.15) is 36.7 Å². The maximum Gasteiger partial charge on any atom is 0.414 e. The maximum absolute atomic E-state index is 14.0. The molecule has 1 fully saturated rings. The number of fused-ring (bicyclic) bond motifs is 1. The molecule has 1 aromatic carbocycles. The molecule has 0 spiro atoms. The van der Waals surface area contributed by atoms with E-state index in [4.69, 9.17) is 4.74 Å². The van der Waals surface area contributed by atoms with Crippen molar-refractivity contribution in [3.63, 3.8) is 0 Å². The molecule has 2 aromatic rings. The average molecular weight is 476 g/mol. The lowest BCUT2D eigenvalue weighted by atomic mass is 9.83. The highest BCUT2D eigenvalue weighted by Gasteiger charge is 2.47. The standard InChI is InChI=1S/C24H27F3N4O3/c1-23(2)16-7-5-4-6-14(16)10-19(23)29-15-8-9-17(28-11-15)21(24(25,26)27)31(3)22(33)18-12-34-13-20(32)30-18/h4-9,11,18-19,21,29H,10,12-13H2,1-3H3,(H,30,32). The van der Waals surface area contributed by atoms with Crippen molar-refractivity contribution in [2.24, 2.45) is 0 Å². The smallest absolute Gasteiger partial charge is 0.380 e. The van der Waals surface area contributed by atoms with Gasteiger partial charge in [0.15, 0.2) is 6.04 Å². The van der Waals surface area contributed by atoms with Gasteiger partial charge in [0, 0.05) is 18.5 Å². The third-order valence-electron chi connectivity index (χ3n) is 6.61. The molecule has 0 bridgehead atoms. The number of alkyl halides is 3. The van der Waals surface area contributed by atoms with E-state index in [0.29, 0.717) is 10.6 Å². The first-order valence-electron chi connectivity index (χ1n) is 11.0. The van der Waals surface area contributed by atoms with Gasteiger partial charge in [0.1, 0.15) is 12.6 Å². The number of nitrogens with one attached hydrogen (secondary N) is 2. The van der Waals surface area contributed by atoms with Crippen LogP contribution in [0.15, 0.2) is 42.6 Å². The Balaban J connectivity index is 1.51. The molecule has 0 radical (unpaired) electrons. The summed E-state index contributed by atoms with van der Waals surface area (Å²) in [6.45, 7) is 3.85. The van der Waals surface area contributed by atoms with Crippen molar-refractivity contribution < 1.29 is 27.5 Å². The second-order valence-corrected chi connectivity index (χ2v) is 9.28. The number of ether oxygens (including phenoxy) is 1. The van der Waals surface area contributed by atoms with Crippen LogP contribution in [0, 0.1) is 0 Å². The summed E-state index contributed by atoms with van der Waals surface area (Å²) in [5.41, 5.74) is 2.60. The maximum atomic E-state index is 14.0. The van der Waals surface area contributed by atoms with E-state index in [2.05, 4.69) is 41.6 Å². The van der Waals surface area contributed by atoms with Crippen LogP contribution in [0.3, 0.4) is 0 Å². The van der Waals surface area contributed by atoms with Crippen LogP contribution in [0.2, 0.25) is 0 Å². The number of rotatable bonds is 5. The monoisotopic (exact) mass is 476 g/mol. The molecule has 3 unspecified atom stereocenters. The number of carbonyl (C=O) groups is 2. The number of aromatic nitrogens is 1. The lowest BCUT2D eigenvalue weighted by Gasteiger charge is -2.33. The van der Waals surface area contributed by atoms with Crippen molar-refractivity contribution >= 4 is 17.5 Å². The summed E-state index contributed by atoms with van der Waals surface area (Å²) < 4.78 is 46.9. The van der Waals surface area contributed by atoms with E-state index in [1.54, 1.807) is 6.07 Å². The summed E-state index contributed by atoms with van der Waals surface area (Å²) in [5.74, 6) is -1.45. The van der Waals surface area contributed by atoms with Crippen molar-refractivity contribution in [2.45, 2.75) is 50.0 Å². The highest BCUT2D eigenvalue weighted by molar-refractivity contribution is 5.89. The quantitative estimate of drug-likeness (QED) is 0.694. The molecule has 3 atom stereocenters. The Hall–Kier alpha value is -3.14. The van der Waals surface area contributed by atoms with Gasteiger partial charge in [-0.3, -0.25) is 14.6 Å². The van der Waals surface area contributed by atoms with Crippen molar-refractivity contribution in [1.29, 1.82) is 0 Å². The number of nitrogens with zero attached hydrogens (tertiary/aromatic N) is 2. The summed E-state index contributed by atoms with van der Waals surface area (Å²) >= 11 is 0. The van der Waals surface area contributed by atoms with Crippen LogP contribution in [0.4, 0.5) is 18.9 Å². The van der Waals surface area contributed by atoms with Gasteiger partial charge in [0.25, 0.3) is 0 Å². The fourth-order valence-corrected chi connectivity index (χ4v) is 4.71. The number of halogens is 3. The largest absolute Gasteiger partial charge is 0.414 e. The molecule has 2 amide bonds. The summed E-state index contributed by atoms with van der Waals surface area (Å²) in [6, 6.07) is 7.60. The Morgan fingerprint density at radius 3 is 2.62 bits per heavy atom. The van der Waals surface area contributed by atoms with E-state index in [-0.39, 0.29) is 30.4 Å². The second-order valence-electron chi connectivity index (χ2n) is 9.28. The van der Waals surface area contributed by atoms with E-state index in [0.717, 1.165) is 13.5 Å². The van der Waals surface area contributed by atoms with E-state index >= 15 is 0 Å². The van der Waals surface area contributed by atoms with Gasteiger partial charge >= 0.3 is 6.18 Å². The number of hydrogen-bond acceptors (Lipinski definition) is 5. The third-order valence-corrected chi connectivity index (χ3v) is 6.61. The molecule has 10 heteroatoms. The number of likely N-dealkylation sites (N-methyl/N-ethyl adjacent to an activating group) is 1. The zero-order valence-electron chi connectivity index (χ0n) is 19.1. The first-order valence-corrected chi connectivity index (χ1v) is 11.0. The lowest BCUT2D eigenvalue weighted by molar-refractivity contribution is -0.191. The summed E-state index contributed by atoms with van der Waals surface area (Å²) in [4.78, 5) is 28.8. The number of benzene rings is 1. The minimum atomic E-state index is -4.76. The topological polar surface area (TPSA) is 83.6 Å². The fraction of sp³-hybridized carbons (Fsp3) is 0.458. The Bertz CT molecular complexity index is 1070. The number of amides is 2. The Kier molecular flexibility index (Phi) is 6.28. The minimum absolute atomic E-state index is 0.0510. The van der Waals surface area contributed by atoms with Crippen molar-refractivity contribution in [1.82, 2.24) is 15.2 Å². The predicted octanol–water partition coefficient (Wildman–Crippen LogP) is 2.97. The molecule has 182 valence electrons. The van der Waals surface area contributed by atoms with E-state index in [1.165, 1.54) is 23.4 Å². The number of morpholine rings is 1. The normalized spacial score (nSPS) is 22.5. The molecule has 1 aromatic heterocycles. The first kappa shape index (κ1) is 24.0. The first-order chi connectivity index (χ1) is 16.0. The van der Waals surface area contributed by atoms with Crippen LogP contribution in [0.25, 0.3) is 0 Å².